The summed E-state index contributed by atoms with van der Waals surface area (Å²) in [6.07, 6.45) is 0. The highest BCUT2D eigenvalue weighted by Gasteiger charge is 2.13. The van der Waals surface area contributed by atoms with Crippen molar-refractivity contribution < 1.29 is 14.6 Å². The third-order valence-electron chi connectivity index (χ3n) is 3.17. The van der Waals surface area contributed by atoms with Crippen molar-refractivity contribution in [1.82, 2.24) is 0 Å². The van der Waals surface area contributed by atoms with Gasteiger partial charge in [-0.2, -0.15) is 0 Å². The number of anilines is 1. The van der Waals surface area contributed by atoms with E-state index in [4.69, 9.17) is 44.3 Å². The molecular weight excluding hydrogens is 373 g/mol. The van der Waals surface area contributed by atoms with Gasteiger partial charge < -0.3 is 19.9 Å². The van der Waals surface area contributed by atoms with Crippen molar-refractivity contribution in [2.75, 3.05) is 18.5 Å². The summed E-state index contributed by atoms with van der Waals surface area (Å²) in [5.74, 6) is 1.01. The molecule has 0 atom stereocenters. The number of benzene rings is 2. The molecule has 0 heterocycles. The summed E-state index contributed by atoms with van der Waals surface area (Å²) < 4.78 is 11.1. The summed E-state index contributed by atoms with van der Waals surface area (Å²) >= 11 is 18.1. The van der Waals surface area contributed by atoms with Crippen LogP contribution in [0.25, 0.3) is 0 Å². The second-order valence-electron chi connectivity index (χ2n) is 4.91. The summed E-state index contributed by atoms with van der Waals surface area (Å²) in [6, 6.07) is 6.88. The van der Waals surface area contributed by atoms with Crippen LogP contribution in [-0.2, 0) is 6.54 Å². The first-order valence-corrected chi connectivity index (χ1v) is 8.59. The third kappa shape index (κ3) is 4.53. The fraction of sp³-hybridized carbons (Fsp3) is 0.294. The zero-order chi connectivity index (χ0) is 17.7. The van der Waals surface area contributed by atoms with Crippen LogP contribution >= 0.6 is 34.8 Å². The SMILES string of the molecule is CCOc1cc(CNc2cc(Cl)c(O)c(Cl)c2)cc(Cl)c1OCC. The maximum Gasteiger partial charge on any atom is 0.179 e. The molecule has 0 fully saturated rings. The van der Waals surface area contributed by atoms with Crippen LogP contribution in [0.1, 0.15) is 19.4 Å². The second kappa shape index (κ2) is 8.56. The van der Waals surface area contributed by atoms with Crippen molar-refractivity contribution in [3.05, 3.63) is 44.9 Å². The van der Waals surface area contributed by atoms with Gasteiger partial charge in [-0.25, -0.2) is 0 Å². The van der Waals surface area contributed by atoms with Gasteiger partial charge >= 0.3 is 0 Å². The van der Waals surface area contributed by atoms with Crippen molar-refractivity contribution in [3.63, 3.8) is 0 Å². The first kappa shape index (κ1) is 18.8. The molecule has 0 aromatic heterocycles. The van der Waals surface area contributed by atoms with E-state index in [-0.39, 0.29) is 15.8 Å². The molecular formula is C17H18Cl3NO3. The molecule has 2 rings (SSSR count). The number of phenolic OH excluding ortho intramolecular Hbond substituents is 1. The molecule has 0 aliphatic heterocycles. The van der Waals surface area contributed by atoms with E-state index in [1.807, 2.05) is 26.0 Å². The number of halogens is 3. The molecule has 24 heavy (non-hydrogen) atoms. The lowest BCUT2D eigenvalue weighted by Gasteiger charge is -2.15. The van der Waals surface area contributed by atoms with E-state index in [1.54, 1.807) is 12.1 Å². The lowest BCUT2D eigenvalue weighted by Crippen LogP contribution is -2.03. The molecule has 0 saturated heterocycles. The third-order valence-corrected chi connectivity index (χ3v) is 4.03. The number of aromatic hydroxyl groups is 1. The van der Waals surface area contributed by atoms with Crippen LogP contribution in [-0.4, -0.2) is 18.3 Å². The molecule has 0 saturated carbocycles. The Morgan fingerprint density at radius 3 is 2.12 bits per heavy atom. The van der Waals surface area contributed by atoms with Crippen LogP contribution < -0.4 is 14.8 Å². The summed E-state index contributed by atoms with van der Waals surface area (Å²) in [7, 11) is 0. The summed E-state index contributed by atoms with van der Waals surface area (Å²) in [6.45, 7) is 5.27. The smallest absolute Gasteiger partial charge is 0.179 e. The van der Waals surface area contributed by atoms with E-state index in [2.05, 4.69) is 5.32 Å². The number of phenols is 1. The average molecular weight is 391 g/mol. The first-order valence-electron chi connectivity index (χ1n) is 7.46. The normalized spacial score (nSPS) is 10.5. The predicted molar refractivity (Wildman–Crippen MR) is 99.2 cm³/mol. The van der Waals surface area contributed by atoms with Crippen molar-refractivity contribution in [3.8, 4) is 17.2 Å². The Morgan fingerprint density at radius 1 is 0.917 bits per heavy atom. The second-order valence-corrected chi connectivity index (χ2v) is 6.13. The lowest BCUT2D eigenvalue weighted by atomic mass is 10.2. The summed E-state index contributed by atoms with van der Waals surface area (Å²) in [4.78, 5) is 0. The predicted octanol–water partition coefficient (Wildman–Crippen LogP) is 5.76. The molecule has 0 aliphatic carbocycles. The molecule has 0 bridgehead atoms. The molecule has 130 valence electrons. The van der Waals surface area contributed by atoms with E-state index >= 15 is 0 Å². The number of hydrogen-bond acceptors (Lipinski definition) is 4. The van der Waals surface area contributed by atoms with Crippen molar-refractivity contribution in [1.29, 1.82) is 0 Å². The maximum absolute atomic E-state index is 9.59. The fourth-order valence-corrected chi connectivity index (χ4v) is 2.92. The molecule has 0 unspecified atom stereocenters. The molecule has 2 N–H and O–H groups in total. The van der Waals surface area contributed by atoms with Gasteiger partial charge in [0.15, 0.2) is 17.2 Å². The number of hydrogen-bond donors (Lipinski definition) is 2. The van der Waals surface area contributed by atoms with Gasteiger partial charge in [0.25, 0.3) is 0 Å². The van der Waals surface area contributed by atoms with Gasteiger partial charge in [0.05, 0.1) is 28.3 Å². The Balaban J connectivity index is 2.20. The zero-order valence-corrected chi connectivity index (χ0v) is 15.6. The Morgan fingerprint density at radius 2 is 1.54 bits per heavy atom. The molecule has 2 aromatic rings. The molecule has 7 heteroatoms. The average Bonchev–Trinajstić information content (AvgIpc) is 2.54. The Kier molecular flexibility index (Phi) is 6.72. The Hall–Kier alpha value is -1.49. The van der Waals surface area contributed by atoms with Crippen LogP contribution in [0.3, 0.4) is 0 Å². The highest BCUT2D eigenvalue weighted by Crippen LogP contribution is 2.38. The van der Waals surface area contributed by atoms with Gasteiger partial charge in [0, 0.05) is 12.2 Å². The quantitative estimate of drug-likeness (QED) is 0.590. The molecule has 0 spiro atoms. The van der Waals surface area contributed by atoms with Gasteiger partial charge in [-0.15, -0.1) is 0 Å². The largest absolute Gasteiger partial charge is 0.505 e. The molecule has 0 amide bonds. The maximum atomic E-state index is 9.59. The van der Waals surface area contributed by atoms with Crippen LogP contribution in [0, 0.1) is 0 Å². The van der Waals surface area contributed by atoms with Crippen LogP contribution in [0.5, 0.6) is 17.2 Å². The fourth-order valence-electron chi connectivity index (χ4n) is 2.14. The number of nitrogens with one attached hydrogen (secondary N) is 1. The van der Waals surface area contributed by atoms with Gasteiger partial charge in [0.2, 0.25) is 0 Å². The minimum absolute atomic E-state index is 0.133. The van der Waals surface area contributed by atoms with E-state index in [0.717, 1.165) is 5.56 Å². The molecule has 4 nitrogen and oxygen atoms in total. The summed E-state index contributed by atoms with van der Waals surface area (Å²) in [5.41, 5.74) is 1.60. The van der Waals surface area contributed by atoms with E-state index in [0.29, 0.717) is 42.0 Å². The van der Waals surface area contributed by atoms with Crippen molar-refractivity contribution >= 4 is 40.5 Å². The molecule has 0 radical (unpaired) electrons. The first-order chi connectivity index (χ1) is 11.5. The van der Waals surface area contributed by atoms with Gasteiger partial charge in [0.1, 0.15) is 0 Å². The number of ether oxygens (including phenoxy) is 2. The summed E-state index contributed by atoms with van der Waals surface area (Å²) in [5, 5.41) is 13.6. The number of rotatable bonds is 7. The van der Waals surface area contributed by atoms with Crippen LogP contribution in [0.15, 0.2) is 24.3 Å². The van der Waals surface area contributed by atoms with Crippen LogP contribution in [0.4, 0.5) is 5.69 Å². The van der Waals surface area contributed by atoms with E-state index in [9.17, 15) is 5.11 Å². The van der Waals surface area contributed by atoms with E-state index in [1.165, 1.54) is 0 Å². The van der Waals surface area contributed by atoms with Crippen molar-refractivity contribution in [2.45, 2.75) is 20.4 Å². The van der Waals surface area contributed by atoms with Gasteiger partial charge in [-0.3, -0.25) is 0 Å². The minimum Gasteiger partial charge on any atom is -0.505 e. The highest BCUT2D eigenvalue weighted by molar-refractivity contribution is 6.37. The highest BCUT2D eigenvalue weighted by atomic mass is 35.5. The zero-order valence-electron chi connectivity index (χ0n) is 13.3. The van der Waals surface area contributed by atoms with E-state index < -0.39 is 0 Å². The standard InChI is InChI=1S/C17H18Cl3NO3/c1-3-23-15-6-10(5-14(20)17(15)24-4-2)9-21-11-7-12(18)16(22)13(19)8-11/h5-8,21-22H,3-4,9H2,1-2H3. The lowest BCUT2D eigenvalue weighted by molar-refractivity contribution is 0.287. The Bertz CT molecular complexity index is 699. The van der Waals surface area contributed by atoms with Crippen molar-refractivity contribution in [2.24, 2.45) is 0 Å². The Labute approximate surface area is 156 Å². The van der Waals surface area contributed by atoms with Crippen LogP contribution in [0.2, 0.25) is 15.1 Å². The minimum atomic E-state index is -0.133. The molecule has 0 aliphatic rings. The van der Waals surface area contributed by atoms with Gasteiger partial charge in [-0.05, 0) is 43.7 Å². The van der Waals surface area contributed by atoms with Gasteiger partial charge in [-0.1, -0.05) is 34.8 Å². The molecule has 2 aromatic carbocycles. The monoisotopic (exact) mass is 389 g/mol. The topological polar surface area (TPSA) is 50.7 Å².